The van der Waals surface area contributed by atoms with Gasteiger partial charge in [0.1, 0.15) is 10.8 Å². The van der Waals surface area contributed by atoms with Crippen molar-refractivity contribution in [2.45, 2.75) is 6.92 Å². The number of nitrogens with two attached hydrogens (primary N) is 1. The summed E-state index contributed by atoms with van der Waals surface area (Å²) >= 11 is 7.68. The number of aryl methyl sites for hydroxylation is 1. The largest absolute Gasteiger partial charge is 0.389 e. The normalized spacial score (nSPS) is 10.5. The smallest absolute Gasteiger partial charge is 0.182 e. The number of anilines is 2. The molecule has 7 heteroatoms. The van der Waals surface area contributed by atoms with Gasteiger partial charge in [-0.3, -0.25) is 0 Å². The molecule has 3 N–H and O–H groups in total. The lowest BCUT2D eigenvalue weighted by molar-refractivity contribution is 0.510. The Labute approximate surface area is 133 Å². The fourth-order valence-electron chi connectivity index (χ4n) is 1.76. The molecule has 21 heavy (non-hydrogen) atoms. The molecule has 0 aliphatic heterocycles. The summed E-state index contributed by atoms with van der Waals surface area (Å²) in [6, 6.07) is 5.30. The standard InChI is InChI=1S/C14H10BrF3N2S/c1-6-4-8(15)9(16)5-11(6)20-10-3-2-7(14(19)21)12(17)13(10)18/h2-5,20H,1H3,(H2,19,21). The first-order valence-electron chi connectivity index (χ1n) is 5.81. The second-order valence-electron chi connectivity index (χ2n) is 4.36. The van der Waals surface area contributed by atoms with Gasteiger partial charge in [0.2, 0.25) is 0 Å². The van der Waals surface area contributed by atoms with E-state index in [9.17, 15) is 13.2 Å². The summed E-state index contributed by atoms with van der Waals surface area (Å²) in [6.45, 7) is 1.71. The van der Waals surface area contributed by atoms with Gasteiger partial charge >= 0.3 is 0 Å². The van der Waals surface area contributed by atoms with Gasteiger partial charge in [0.15, 0.2) is 11.6 Å². The zero-order chi connectivity index (χ0) is 15.7. The van der Waals surface area contributed by atoms with E-state index in [2.05, 4.69) is 33.5 Å². The number of nitrogens with one attached hydrogen (secondary N) is 1. The van der Waals surface area contributed by atoms with Crippen LogP contribution in [-0.4, -0.2) is 4.99 Å². The summed E-state index contributed by atoms with van der Waals surface area (Å²) in [7, 11) is 0. The molecule has 0 aliphatic rings. The number of rotatable bonds is 3. The minimum atomic E-state index is -1.14. The van der Waals surface area contributed by atoms with Crippen molar-refractivity contribution in [3.8, 4) is 0 Å². The van der Waals surface area contributed by atoms with Crippen LogP contribution in [0.4, 0.5) is 24.5 Å². The van der Waals surface area contributed by atoms with E-state index >= 15 is 0 Å². The molecule has 2 rings (SSSR count). The lowest BCUT2D eigenvalue weighted by Gasteiger charge is -2.13. The number of halogens is 4. The van der Waals surface area contributed by atoms with E-state index in [1.807, 2.05) is 0 Å². The predicted molar refractivity (Wildman–Crippen MR) is 84.4 cm³/mol. The lowest BCUT2D eigenvalue weighted by atomic mass is 10.1. The molecule has 0 bridgehead atoms. The van der Waals surface area contributed by atoms with Crippen molar-refractivity contribution in [2.75, 3.05) is 5.32 Å². The minimum absolute atomic E-state index is 0.127. The average molecular weight is 375 g/mol. The van der Waals surface area contributed by atoms with Crippen LogP contribution in [0.2, 0.25) is 0 Å². The Morgan fingerprint density at radius 2 is 1.81 bits per heavy atom. The Balaban J connectivity index is 2.43. The number of hydrogen-bond acceptors (Lipinski definition) is 2. The van der Waals surface area contributed by atoms with Crippen LogP contribution in [0.25, 0.3) is 0 Å². The molecule has 0 saturated heterocycles. The number of benzene rings is 2. The van der Waals surface area contributed by atoms with Crippen molar-refractivity contribution >= 4 is 44.5 Å². The van der Waals surface area contributed by atoms with Crippen molar-refractivity contribution in [2.24, 2.45) is 5.73 Å². The average Bonchev–Trinajstić information content (AvgIpc) is 2.40. The van der Waals surface area contributed by atoms with Crippen molar-refractivity contribution in [3.05, 3.63) is 57.3 Å². The third kappa shape index (κ3) is 3.19. The van der Waals surface area contributed by atoms with Crippen LogP contribution < -0.4 is 11.1 Å². The third-order valence-electron chi connectivity index (χ3n) is 2.88. The summed E-state index contributed by atoms with van der Waals surface area (Å²) in [4.78, 5) is -0.233. The fourth-order valence-corrected chi connectivity index (χ4v) is 2.38. The highest BCUT2D eigenvalue weighted by Gasteiger charge is 2.16. The van der Waals surface area contributed by atoms with E-state index in [1.165, 1.54) is 24.3 Å². The highest BCUT2D eigenvalue weighted by Crippen LogP contribution is 2.29. The highest BCUT2D eigenvalue weighted by molar-refractivity contribution is 9.10. The zero-order valence-electron chi connectivity index (χ0n) is 10.8. The summed E-state index contributed by atoms with van der Waals surface area (Å²) in [5, 5.41) is 2.66. The van der Waals surface area contributed by atoms with Gasteiger partial charge in [-0.05, 0) is 52.7 Å². The molecule has 2 nitrogen and oxygen atoms in total. The van der Waals surface area contributed by atoms with Crippen LogP contribution in [0.15, 0.2) is 28.7 Å². The molecule has 0 aliphatic carbocycles. The maximum Gasteiger partial charge on any atom is 0.182 e. The molecule has 0 unspecified atom stereocenters. The van der Waals surface area contributed by atoms with Crippen LogP contribution in [0.3, 0.4) is 0 Å². The Kier molecular flexibility index (Phi) is 4.53. The molecular weight excluding hydrogens is 365 g/mol. The molecule has 2 aromatic carbocycles. The molecule has 0 amide bonds. The van der Waals surface area contributed by atoms with Gasteiger partial charge in [-0.25, -0.2) is 13.2 Å². The first-order valence-corrected chi connectivity index (χ1v) is 7.02. The van der Waals surface area contributed by atoms with Crippen LogP contribution in [-0.2, 0) is 0 Å². The SMILES string of the molecule is Cc1cc(Br)c(F)cc1Nc1ccc(C(N)=S)c(F)c1F. The van der Waals surface area contributed by atoms with Crippen molar-refractivity contribution < 1.29 is 13.2 Å². The Bertz CT molecular complexity index is 735. The lowest BCUT2D eigenvalue weighted by Crippen LogP contribution is -2.13. The molecule has 2 aromatic rings. The van der Waals surface area contributed by atoms with Gasteiger partial charge < -0.3 is 11.1 Å². The molecule has 0 aromatic heterocycles. The van der Waals surface area contributed by atoms with E-state index in [0.717, 1.165) is 0 Å². The predicted octanol–water partition coefficient (Wildman–Crippen LogP) is 4.55. The molecule has 0 saturated carbocycles. The third-order valence-corrected chi connectivity index (χ3v) is 3.71. The van der Waals surface area contributed by atoms with Gasteiger partial charge in [0.25, 0.3) is 0 Å². The van der Waals surface area contributed by atoms with Crippen molar-refractivity contribution in [1.29, 1.82) is 0 Å². The number of hydrogen-bond donors (Lipinski definition) is 2. The monoisotopic (exact) mass is 374 g/mol. The molecule has 0 spiro atoms. The Morgan fingerprint density at radius 1 is 1.14 bits per heavy atom. The first kappa shape index (κ1) is 15.8. The quantitative estimate of drug-likeness (QED) is 0.773. The second kappa shape index (κ2) is 6.03. The van der Waals surface area contributed by atoms with Crippen LogP contribution in [0.1, 0.15) is 11.1 Å². The van der Waals surface area contributed by atoms with Gasteiger partial charge in [-0.2, -0.15) is 0 Å². The summed E-state index contributed by atoms with van der Waals surface area (Å²) in [5.41, 5.74) is 5.99. The first-order chi connectivity index (χ1) is 9.81. The maximum atomic E-state index is 14.0. The van der Waals surface area contributed by atoms with Crippen LogP contribution in [0, 0.1) is 24.4 Å². The zero-order valence-corrected chi connectivity index (χ0v) is 13.2. The highest BCUT2D eigenvalue weighted by atomic mass is 79.9. The molecule has 0 radical (unpaired) electrons. The van der Waals surface area contributed by atoms with E-state index in [1.54, 1.807) is 6.92 Å². The second-order valence-corrected chi connectivity index (χ2v) is 5.65. The van der Waals surface area contributed by atoms with Gasteiger partial charge in [-0.1, -0.05) is 12.2 Å². The van der Waals surface area contributed by atoms with Crippen molar-refractivity contribution in [3.63, 3.8) is 0 Å². The topological polar surface area (TPSA) is 38.0 Å². The van der Waals surface area contributed by atoms with E-state index in [0.29, 0.717) is 15.7 Å². The van der Waals surface area contributed by atoms with Crippen molar-refractivity contribution in [1.82, 2.24) is 0 Å². The molecule has 0 atom stereocenters. The number of thiocarbonyl (C=S) groups is 1. The van der Waals surface area contributed by atoms with E-state index < -0.39 is 17.5 Å². The van der Waals surface area contributed by atoms with E-state index in [-0.39, 0.29) is 16.2 Å². The fraction of sp³-hybridized carbons (Fsp3) is 0.0714. The van der Waals surface area contributed by atoms with Crippen LogP contribution in [0.5, 0.6) is 0 Å². The Morgan fingerprint density at radius 3 is 2.43 bits per heavy atom. The van der Waals surface area contributed by atoms with Crippen LogP contribution >= 0.6 is 28.1 Å². The molecule has 0 fully saturated rings. The molecule has 110 valence electrons. The molecular formula is C14H10BrF3N2S. The van der Waals surface area contributed by atoms with Gasteiger partial charge in [0.05, 0.1) is 10.2 Å². The van der Waals surface area contributed by atoms with E-state index in [4.69, 9.17) is 5.73 Å². The van der Waals surface area contributed by atoms with Gasteiger partial charge in [-0.15, -0.1) is 0 Å². The Hall–Kier alpha value is -1.60. The molecule has 0 heterocycles. The summed E-state index contributed by atoms with van der Waals surface area (Å²) in [6.07, 6.45) is 0. The maximum absolute atomic E-state index is 14.0. The van der Waals surface area contributed by atoms with Gasteiger partial charge in [0, 0.05) is 11.3 Å². The summed E-state index contributed by atoms with van der Waals surface area (Å²) in [5.74, 6) is -2.77. The summed E-state index contributed by atoms with van der Waals surface area (Å²) < 4.78 is 41.6. The minimum Gasteiger partial charge on any atom is -0.389 e.